The van der Waals surface area contributed by atoms with Crippen LogP contribution in [0.4, 0.5) is 4.39 Å². The van der Waals surface area contributed by atoms with E-state index in [4.69, 9.17) is 0 Å². The molecule has 106 valence electrons. The highest BCUT2D eigenvalue weighted by Crippen LogP contribution is 2.31. The van der Waals surface area contributed by atoms with E-state index in [1.165, 1.54) is 17.0 Å². The second-order valence-electron chi connectivity index (χ2n) is 5.21. The maximum atomic E-state index is 13.2. The molecule has 1 aliphatic heterocycles. The van der Waals surface area contributed by atoms with Crippen LogP contribution in [0, 0.1) is 5.82 Å². The van der Waals surface area contributed by atoms with E-state index in [9.17, 15) is 14.0 Å². The molecular formula is C14H14BrFN2O2. The maximum Gasteiger partial charge on any atom is 0.247 e. The summed E-state index contributed by atoms with van der Waals surface area (Å²) in [7, 11) is 0. The van der Waals surface area contributed by atoms with Crippen LogP contribution in [0.5, 0.6) is 0 Å². The number of carbonyl (C=O) groups excluding carboxylic acids is 2. The van der Waals surface area contributed by atoms with Crippen molar-refractivity contribution in [2.45, 2.75) is 37.9 Å². The van der Waals surface area contributed by atoms with Crippen molar-refractivity contribution in [3.63, 3.8) is 0 Å². The monoisotopic (exact) mass is 340 g/mol. The average molecular weight is 341 g/mol. The molecule has 0 radical (unpaired) electrons. The standard InChI is InChI=1S/C14H14BrFN2O2/c15-11-4-1-9(16)5-8(11)7-17-12-6-13(19)18(14(12)20)10-2-3-10/h1,4-5,10,12,17H,2-3,6-7H2. The maximum absolute atomic E-state index is 13.2. The lowest BCUT2D eigenvalue weighted by Gasteiger charge is -2.14. The summed E-state index contributed by atoms with van der Waals surface area (Å²) in [6.07, 6.45) is 2.03. The van der Waals surface area contributed by atoms with Crippen molar-refractivity contribution in [3.8, 4) is 0 Å². The molecule has 1 aromatic carbocycles. The number of likely N-dealkylation sites (tertiary alicyclic amines) is 1. The molecule has 0 aromatic heterocycles. The largest absolute Gasteiger partial charge is 0.301 e. The van der Waals surface area contributed by atoms with Crippen LogP contribution >= 0.6 is 15.9 Å². The van der Waals surface area contributed by atoms with Gasteiger partial charge in [-0.25, -0.2) is 4.39 Å². The summed E-state index contributed by atoms with van der Waals surface area (Å²) in [6.45, 7) is 0.348. The Morgan fingerprint density at radius 1 is 1.35 bits per heavy atom. The van der Waals surface area contributed by atoms with Gasteiger partial charge in [0, 0.05) is 17.1 Å². The summed E-state index contributed by atoms with van der Waals surface area (Å²) in [5.41, 5.74) is 0.732. The van der Waals surface area contributed by atoms with Crippen LogP contribution < -0.4 is 5.32 Å². The number of carbonyl (C=O) groups is 2. The Bertz CT molecular complexity index is 574. The zero-order chi connectivity index (χ0) is 14.3. The van der Waals surface area contributed by atoms with E-state index in [0.717, 1.165) is 22.9 Å². The molecule has 1 saturated heterocycles. The Kier molecular flexibility index (Phi) is 3.60. The van der Waals surface area contributed by atoms with Crippen LogP contribution in [0.3, 0.4) is 0 Å². The number of nitrogens with zero attached hydrogens (tertiary/aromatic N) is 1. The van der Waals surface area contributed by atoms with E-state index in [1.807, 2.05) is 0 Å². The van der Waals surface area contributed by atoms with E-state index >= 15 is 0 Å². The van der Waals surface area contributed by atoms with Gasteiger partial charge in [-0.15, -0.1) is 0 Å². The van der Waals surface area contributed by atoms with E-state index in [0.29, 0.717) is 6.54 Å². The van der Waals surface area contributed by atoms with E-state index in [2.05, 4.69) is 21.2 Å². The fourth-order valence-corrected chi connectivity index (χ4v) is 2.83. The lowest BCUT2D eigenvalue weighted by atomic mass is 10.2. The molecule has 4 nitrogen and oxygen atoms in total. The Morgan fingerprint density at radius 2 is 2.10 bits per heavy atom. The van der Waals surface area contributed by atoms with Crippen LogP contribution in [0.15, 0.2) is 22.7 Å². The third-order valence-corrected chi connectivity index (χ3v) is 4.42. The normalized spacial score (nSPS) is 22.7. The van der Waals surface area contributed by atoms with Crippen LogP contribution in [0.2, 0.25) is 0 Å². The van der Waals surface area contributed by atoms with Crippen molar-refractivity contribution in [3.05, 3.63) is 34.1 Å². The highest BCUT2D eigenvalue weighted by Gasteiger charge is 2.45. The number of imide groups is 1. The fraction of sp³-hybridized carbons (Fsp3) is 0.429. The predicted molar refractivity (Wildman–Crippen MR) is 74.2 cm³/mol. The van der Waals surface area contributed by atoms with Gasteiger partial charge in [-0.2, -0.15) is 0 Å². The molecular weight excluding hydrogens is 327 g/mol. The minimum Gasteiger partial charge on any atom is -0.301 e. The van der Waals surface area contributed by atoms with Crippen molar-refractivity contribution in [1.82, 2.24) is 10.2 Å². The molecule has 1 N–H and O–H groups in total. The second kappa shape index (κ2) is 5.26. The van der Waals surface area contributed by atoms with Crippen molar-refractivity contribution >= 4 is 27.7 Å². The van der Waals surface area contributed by atoms with Crippen molar-refractivity contribution in [2.75, 3.05) is 0 Å². The summed E-state index contributed by atoms with van der Waals surface area (Å²) < 4.78 is 14.0. The topological polar surface area (TPSA) is 49.4 Å². The van der Waals surface area contributed by atoms with Gasteiger partial charge in [0.2, 0.25) is 11.8 Å². The van der Waals surface area contributed by atoms with Gasteiger partial charge in [-0.3, -0.25) is 14.5 Å². The number of hydrogen-bond acceptors (Lipinski definition) is 3. The zero-order valence-electron chi connectivity index (χ0n) is 10.7. The van der Waals surface area contributed by atoms with Gasteiger partial charge >= 0.3 is 0 Å². The first-order valence-electron chi connectivity index (χ1n) is 6.59. The van der Waals surface area contributed by atoms with Crippen LogP contribution in [0.25, 0.3) is 0 Å². The molecule has 1 heterocycles. The Morgan fingerprint density at radius 3 is 2.80 bits per heavy atom. The molecule has 2 aliphatic rings. The molecule has 1 saturated carbocycles. The molecule has 2 fully saturated rings. The number of amides is 2. The lowest BCUT2D eigenvalue weighted by molar-refractivity contribution is -0.139. The van der Waals surface area contributed by atoms with Crippen molar-refractivity contribution in [2.24, 2.45) is 0 Å². The summed E-state index contributed by atoms with van der Waals surface area (Å²) in [5.74, 6) is -0.572. The Labute approximate surface area is 124 Å². The Hall–Kier alpha value is -1.27. The minimum atomic E-state index is -0.488. The van der Waals surface area contributed by atoms with Gasteiger partial charge in [0.1, 0.15) is 5.82 Å². The molecule has 0 spiro atoms. The summed E-state index contributed by atoms with van der Waals surface area (Å²) in [6, 6.07) is 4.04. The summed E-state index contributed by atoms with van der Waals surface area (Å²) in [4.78, 5) is 25.3. The van der Waals surface area contributed by atoms with Gasteiger partial charge in [0.25, 0.3) is 0 Å². The van der Waals surface area contributed by atoms with Gasteiger partial charge < -0.3 is 5.32 Å². The van der Waals surface area contributed by atoms with E-state index < -0.39 is 6.04 Å². The molecule has 20 heavy (non-hydrogen) atoms. The molecule has 1 aliphatic carbocycles. The number of nitrogens with one attached hydrogen (secondary N) is 1. The van der Waals surface area contributed by atoms with Gasteiger partial charge in [0.05, 0.1) is 12.5 Å². The predicted octanol–water partition coefficient (Wildman–Crippen LogP) is 1.97. The smallest absolute Gasteiger partial charge is 0.247 e. The van der Waals surface area contributed by atoms with E-state index in [-0.39, 0.29) is 30.1 Å². The minimum absolute atomic E-state index is 0.103. The lowest BCUT2D eigenvalue weighted by Crippen LogP contribution is -2.39. The van der Waals surface area contributed by atoms with E-state index in [1.54, 1.807) is 6.07 Å². The van der Waals surface area contributed by atoms with Gasteiger partial charge in [-0.05, 0) is 36.6 Å². The summed E-state index contributed by atoms with van der Waals surface area (Å²) in [5, 5.41) is 3.05. The molecule has 1 unspecified atom stereocenters. The third kappa shape index (κ3) is 2.62. The van der Waals surface area contributed by atoms with Crippen molar-refractivity contribution in [1.29, 1.82) is 0 Å². The first kappa shape index (κ1) is 13.7. The molecule has 6 heteroatoms. The van der Waals surface area contributed by atoms with Crippen LogP contribution in [-0.2, 0) is 16.1 Å². The quantitative estimate of drug-likeness (QED) is 0.852. The number of halogens is 2. The van der Waals surface area contributed by atoms with Crippen molar-refractivity contribution < 1.29 is 14.0 Å². The molecule has 2 amide bonds. The van der Waals surface area contributed by atoms with Crippen LogP contribution in [-0.4, -0.2) is 28.8 Å². The molecule has 1 aromatic rings. The molecule has 0 bridgehead atoms. The summed E-state index contributed by atoms with van der Waals surface area (Å²) >= 11 is 3.34. The van der Waals surface area contributed by atoms with Gasteiger partial charge in [-0.1, -0.05) is 15.9 Å². The van der Waals surface area contributed by atoms with Gasteiger partial charge in [0.15, 0.2) is 0 Å². The average Bonchev–Trinajstić information content (AvgIpc) is 3.18. The highest BCUT2D eigenvalue weighted by atomic mass is 79.9. The first-order valence-corrected chi connectivity index (χ1v) is 7.39. The number of hydrogen-bond donors (Lipinski definition) is 1. The molecule has 3 rings (SSSR count). The third-order valence-electron chi connectivity index (χ3n) is 3.64. The second-order valence-corrected chi connectivity index (χ2v) is 6.06. The highest BCUT2D eigenvalue weighted by molar-refractivity contribution is 9.10. The van der Waals surface area contributed by atoms with Crippen LogP contribution in [0.1, 0.15) is 24.8 Å². The number of benzene rings is 1. The zero-order valence-corrected chi connectivity index (χ0v) is 12.3. The molecule has 1 atom stereocenters. The Balaban J connectivity index is 1.65. The SMILES string of the molecule is O=C1CC(NCc2cc(F)ccc2Br)C(=O)N1C1CC1. The fourth-order valence-electron chi connectivity index (χ4n) is 2.44. The first-order chi connectivity index (χ1) is 9.56. The number of rotatable bonds is 4.